The number of furan rings is 1. The first kappa shape index (κ1) is 24.2. The summed E-state index contributed by atoms with van der Waals surface area (Å²) >= 11 is 6.21. The second kappa shape index (κ2) is 10.3. The lowest BCUT2D eigenvalue weighted by Gasteiger charge is -2.29. The molecule has 9 nitrogen and oxygen atoms in total. The van der Waals surface area contributed by atoms with Gasteiger partial charge in [0.2, 0.25) is 17.2 Å². The van der Waals surface area contributed by atoms with Crippen LogP contribution in [0.15, 0.2) is 22.6 Å². The lowest BCUT2D eigenvalue weighted by Crippen LogP contribution is -2.62. The lowest BCUT2D eigenvalue weighted by atomic mass is 9.88. The third-order valence-electron chi connectivity index (χ3n) is 4.31. The third kappa shape index (κ3) is 4.99. The van der Waals surface area contributed by atoms with Gasteiger partial charge in [-0.15, -0.1) is 0 Å². The van der Waals surface area contributed by atoms with Crippen LogP contribution < -0.4 is 5.32 Å². The van der Waals surface area contributed by atoms with Gasteiger partial charge in [-0.05, 0) is 26.8 Å². The van der Waals surface area contributed by atoms with E-state index < -0.39 is 35.8 Å². The van der Waals surface area contributed by atoms with Crippen LogP contribution in [-0.2, 0) is 35.0 Å². The first-order valence-electron chi connectivity index (χ1n) is 9.71. The molecule has 10 heteroatoms. The highest BCUT2D eigenvalue weighted by Gasteiger charge is 2.51. The zero-order valence-electron chi connectivity index (χ0n) is 17.7. The average Bonchev–Trinajstić information content (AvgIpc) is 3.07. The van der Waals surface area contributed by atoms with Gasteiger partial charge in [-0.25, -0.2) is 14.4 Å². The van der Waals surface area contributed by atoms with E-state index in [9.17, 15) is 19.2 Å². The molecule has 1 aromatic heterocycles. The van der Waals surface area contributed by atoms with Gasteiger partial charge in [0.05, 0.1) is 24.8 Å². The highest BCUT2D eigenvalue weighted by atomic mass is 35.5. The highest BCUT2D eigenvalue weighted by Crippen LogP contribution is 2.34. The van der Waals surface area contributed by atoms with Gasteiger partial charge in [0, 0.05) is 24.3 Å². The van der Waals surface area contributed by atoms with E-state index in [1.807, 2.05) is 0 Å². The standard InChI is InChI=1S/C21H24ClNO8/c1-5-28-18(25)17-14(13-9-8-10-15(22)16(13)31-17)11-21(23-12(4)24,19(26)29-6-2)20(27)30-7-3/h8-10H,5-7,11H2,1-4H3,(H,23,24). The molecule has 0 saturated carbocycles. The Morgan fingerprint density at radius 2 is 1.58 bits per heavy atom. The van der Waals surface area contributed by atoms with Crippen LogP contribution in [0.2, 0.25) is 5.02 Å². The van der Waals surface area contributed by atoms with Gasteiger partial charge < -0.3 is 23.9 Å². The Bertz CT molecular complexity index is 979. The van der Waals surface area contributed by atoms with Crippen LogP contribution in [-0.4, -0.2) is 49.2 Å². The van der Waals surface area contributed by atoms with Crippen molar-refractivity contribution in [2.24, 2.45) is 0 Å². The quantitative estimate of drug-likeness (QED) is 0.349. The van der Waals surface area contributed by atoms with Crippen molar-refractivity contribution in [3.63, 3.8) is 0 Å². The van der Waals surface area contributed by atoms with E-state index in [4.69, 9.17) is 30.2 Å². The van der Waals surface area contributed by atoms with Crippen LogP contribution in [0.3, 0.4) is 0 Å². The second-order valence-electron chi connectivity index (χ2n) is 6.45. The first-order valence-corrected chi connectivity index (χ1v) is 10.1. The smallest absolute Gasteiger partial charge is 0.374 e. The van der Waals surface area contributed by atoms with E-state index in [0.29, 0.717) is 5.39 Å². The summed E-state index contributed by atoms with van der Waals surface area (Å²) in [4.78, 5) is 50.4. The van der Waals surface area contributed by atoms with E-state index >= 15 is 0 Å². The number of amides is 1. The van der Waals surface area contributed by atoms with Crippen molar-refractivity contribution < 1.29 is 37.8 Å². The molecule has 2 aromatic rings. The van der Waals surface area contributed by atoms with Crippen molar-refractivity contribution in [3.05, 3.63) is 34.5 Å². The average molecular weight is 454 g/mol. The van der Waals surface area contributed by atoms with Gasteiger partial charge in [0.1, 0.15) is 0 Å². The van der Waals surface area contributed by atoms with E-state index in [-0.39, 0.29) is 41.7 Å². The molecule has 0 bridgehead atoms. The lowest BCUT2D eigenvalue weighted by molar-refractivity contribution is -0.168. The van der Waals surface area contributed by atoms with Crippen LogP contribution in [0.1, 0.15) is 43.8 Å². The van der Waals surface area contributed by atoms with Gasteiger partial charge in [-0.1, -0.05) is 23.7 Å². The van der Waals surface area contributed by atoms with Crippen molar-refractivity contribution in [3.8, 4) is 0 Å². The van der Waals surface area contributed by atoms with Gasteiger partial charge in [0.25, 0.3) is 0 Å². The molecule has 0 fully saturated rings. The third-order valence-corrected chi connectivity index (χ3v) is 4.61. The summed E-state index contributed by atoms with van der Waals surface area (Å²) in [6, 6.07) is 4.79. The first-order chi connectivity index (χ1) is 14.7. The number of rotatable bonds is 9. The molecule has 0 saturated heterocycles. The molecule has 1 aromatic carbocycles. The van der Waals surface area contributed by atoms with E-state index in [2.05, 4.69) is 5.32 Å². The predicted octanol–water partition coefficient (Wildman–Crippen LogP) is 2.81. The molecule has 0 atom stereocenters. The number of carbonyl (C=O) groups excluding carboxylic acids is 4. The number of para-hydroxylation sites is 1. The summed E-state index contributed by atoms with van der Waals surface area (Å²) in [7, 11) is 0. The SMILES string of the molecule is CCOC(=O)c1oc2c(Cl)cccc2c1CC(NC(C)=O)(C(=O)OCC)C(=O)OCC. The van der Waals surface area contributed by atoms with E-state index in [0.717, 1.165) is 6.92 Å². The summed E-state index contributed by atoms with van der Waals surface area (Å²) in [6.45, 7) is 5.83. The van der Waals surface area contributed by atoms with Crippen LogP contribution in [0.5, 0.6) is 0 Å². The van der Waals surface area contributed by atoms with Crippen LogP contribution in [0.4, 0.5) is 0 Å². The van der Waals surface area contributed by atoms with Gasteiger partial charge in [-0.2, -0.15) is 0 Å². The Labute approximate surface area is 183 Å². The number of hydrogen-bond donors (Lipinski definition) is 1. The van der Waals surface area contributed by atoms with Gasteiger partial charge in [-0.3, -0.25) is 4.79 Å². The second-order valence-corrected chi connectivity index (χ2v) is 6.86. The molecule has 0 spiro atoms. The minimum Gasteiger partial charge on any atom is -0.464 e. The predicted molar refractivity (Wildman–Crippen MR) is 111 cm³/mol. The summed E-state index contributed by atoms with van der Waals surface area (Å²) in [5, 5.41) is 2.95. The topological polar surface area (TPSA) is 121 Å². The number of nitrogens with one attached hydrogen (secondary N) is 1. The largest absolute Gasteiger partial charge is 0.464 e. The molecule has 0 unspecified atom stereocenters. The zero-order valence-corrected chi connectivity index (χ0v) is 18.5. The van der Waals surface area contributed by atoms with Crippen molar-refractivity contribution >= 4 is 46.4 Å². The Hall–Kier alpha value is -3.07. The maximum absolute atomic E-state index is 12.9. The molecule has 1 N–H and O–H groups in total. The molecule has 0 radical (unpaired) electrons. The number of halogens is 1. The number of fused-ring (bicyclic) bond motifs is 1. The molecule has 168 valence electrons. The molecule has 0 aliphatic heterocycles. The van der Waals surface area contributed by atoms with Crippen LogP contribution in [0, 0.1) is 0 Å². The van der Waals surface area contributed by atoms with E-state index in [1.165, 1.54) is 0 Å². The monoisotopic (exact) mass is 453 g/mol. The summed E-state index contributed by atoms with van der Waals surface area (Å²) in [5.41, 5.74) is -1.93. The number of esters is 3. The summed E-state index contributed by atoms with van der Waals surface area (Å²) in [6.07, 6.45) is -0.480. The highest BCUT2D eigenvalue weighted by molar-refractivity contribution is 6.35. The van der Waals surface area contributed by atoms with E-state index in [1.54, 1.807) is 39.0 Å². The molecule has 1 amide bonds. The zero-order chi connectivity index (χ0) is 23.2. The number of carbonyl (C=O) groups is 4. The fourth-order valence-electron chi connectivity index (χ4n) is 3.12. The number of hydrogen-bond acceptors (Lipinski definition) is 8. The normalized spacial score (nSPS) is 11.1. The Balaban J connectivity index is 2.77. The van der Waals surface area contributed by atoms with Crippen LogP contribution in [0.25, 0.3) is 11.0 Å². The van der Waals surface area contributed by atoms with Gasteiger partial charge >= 0.3 is 17.9 Å². The molecule has 1 heterocycles. The molecule has 0 aliphatic rings. The number of benzene rings is 1. The van der Waals surface area contributed by atoms with Crippen LogP contribution >= 0.6 is 11.6 Å². The fraction of sp³-hybridized carbons (Fsp3) is 0.429. The molecular formula is C21H24ClNO8. The van der Waals surface area contributed by atoms with Crippen molar-refractivity contribution in [2.45, 2.75) is 39.7 Å². The summed E-state index contributed by atoms with van der Waals surface area (Å²) in [5.74, 6) is -3.79. The maximum Gasteiger partial charge on any atom is 0.374 e. The summed E-state index contributed by atoms with van der Waals surface area (Å²) < 4.78 is 20.9. The Morgan fingerprint density at radius 1 is 1.00 bits per heavy atom. The fourth-order valence-corrected chi connectivity index (χ4v) is 3.33. The molecular weight excluding hydrogens is 430 g/mol. The maximum atomic E-state index is 12.9. The minimum absolute atomic E-state index is 0.0533. The van der Waals surface area contributed by atoms with Gasteiger partial charge in [0.15, 0.2) is 5.58 Å². The molecule has 0 aliphatic carbocycles. The Kier molecular flexibility index (Phi) is 8.04. The number of ether oxygens (including phenoxy) is 3. The molecule has 2 rings (SSSR count). The van der Waals surface area contributed by atoms with Crippen molar-refractivity contribution in [1.82, 2.24) is 5.32 Å². The van der Waals surface area contributed by atoms with Crippen molar-refractivity contribution in [2.75, 3.05) is 19.8 Å². The van der Waals surface area contributed by atoms with Crippen molar-refractivity contribution in [1.29, 1.82) is 0 Å². The minimum atomic E-state index is -2.25. The molecule has 31 heavy (non-hydrogen) atoms. The Morgan fingerprint density at radius 3 is 2.10 bits per heavy atom.